The quantitative estimate of drug-likeness (QED) is 0.777. The fourth-order valence-corrected chi connectivity index (χ4v) is 3.15. The first-order valence-electron chi connectivity index (χ1n) is 8.07. The maximum Gasteiger partial charge on any atom is 0.246 e. The van der Waals surface area contributed by atoms with Gasteiger partial charge in [-0.1, -0.05) is 29.8 Å². The van der Waals surface area contributed by atoms with E-state index in [9.17, 15) is 4.79 Å². The molecule has 1 heterocycles. The molecule has 5 heteroatoms. The van der Waals surface area contributed by atoms with Gasteiger partial charge in [0.1, 0.15) is 0 Å². The number of carbonyl (C=O) groups is 1. The molecule has 1 aliphatic heterocycles. The van der Waals surface area contributed by atoms with Gasteiger partial charge in [-0.05, 0) is 47.4 Å². The molecule has 2 aromatic rings. The van der Waals surface area contributed by atoms with Crippen LogP contribution in [0.3, 0.4) is 0 Å². The van der Waals surface area contributed by atoms with E-state index in [4.69, 9.17) is 21.1 Å². The number of nitrogens with zero attached hydrogens (tertiary/aromatic N) is 1. The Bertz CT molecular complexity index is 817. The number of benzene rings is 2. The fraction of sp³-hybridized carbons (Fsp3) is 0.250. The van der Waals surface area contributed by atoms with Gasteiger partial charge in [-0.15, -0.1) is 0 Å². The second kappa shape index (κ2) is 7.62. The first-order chi connectivity index (χ1) is 12.1. The van der Waals surface area contributed by atoms with Crippen molar-refractivity contribution < 1.29 is 14.3 Å². The maximum absolute atomic E-state index is 12.5. The average Bonchev–Trinajstić information content (AvgIpc) is 2.65. The van der Waals surface area contributed by atoms with Crippen molar-refractivity contribution in [3.63, 3.8) is 0 Å². The molecule has 3 rings (SSSR count). The van der Waals surface area contributed by atoms with Crippen LogP contribution in [0.1, 0.15) is 16.7 Å². The van der Waals surface area contributed by atoms with Crippen LogP contribution < -0.4 is 9.47 Å². The molecule has 4 nitrogen and oxygen atoms in total. The van der Waals surface area contributed by atoms with Gasteiger partial charge in [0.25, 0.3) is 0 Å². The molecular formula is C20H20ClNO3. The van der Waals surface area contributed by atoms with Gasteiger partial charge < -0.3 is 14.4 Å². The molecule has 0 atom stereocenters. The number of halogens is 1. The van der Waals surface area contributed by atoms with Crippen molar-refractivity contribution in [2.45, 2.75) is 13.0 Å². The number of ether oxygens (including phenoxy) is 2. The molecule has 0 spiro atoms. The average molecular weight is 358 g/mol. The Balaban J connectivity index is 1.76. The van der Waals surface area contributed by atoms with Gasteiger partial charge in [-0.25, -0.2) is 0 Å². The van der Waals surface area contributed by atoms with E-state index in [0.29, 0.717) is 23.9 Å². The molecular weight excluding hydrogens is 338 g/mol. The molecule has 0 saturated carbocycles. The minimum atomic E-state index is -0.0274. The molecule has 1 amide bonds. The standard InChI is InChI=1S/C20H20ClNO3/c1-24-18-11-15-9-10-22(13-16(15)12-19(18)25-2)20(23)8-7-14-5-3-4-6-17(14)21/h3-8,11-12H,9-10,13H2,1-2H3/b8-7+. The smallest absolute Gasteiger partial charge is 0.246 e. The van der Waals surface area contributed by atoms with Crippen molar-refractivity contribution in [1.29, 1.82) is 0 Å². The van der Waals surface area contributed by atoms with Crippen molar-refractivity contribution in [2.24, 2.45) is 0 Å². The number of hydrogen-bond acceptors (Lipinski definition) is 3. The van der Waals surface area contributed by atoms with Gasteiger partial charge in [0, 0.05) is 24.2 Å². The molecule has 0 unspecified atom stereocenters. The molecule has 0 saturated heterocycles. The van der Waals surface area contributed by atoms with Crippen LogP contribution in [0.15, 0.2) is 42.5 Å². The third-order valence-electron chi connectivity index (χ3n) is 4.34. The van der Waals surface area contributed by atoms with E-state index in [1.165, 1.54) is 5.56 Å². The summed E-state index contributed by atoms with van der Waals surface area (Å²) in [5.41, 5.74) is 3.11. The normalized spacial score (nSPS) is 13.6. The monoisotopic (exact) mass is 357 g/mol. The van der Waals surface area contributed by atoms with Crippen molar-refractivity contribution in [3.05, 3.63) is 64.2 Å². The molecule has 0 radical (unpaired) electrons. The summed E-state index contributed by atoms with van der Waals surface area (Å²) in [7, 11) is 3.24. The number of hydrogen-bond donors (Lipinski definition) is 0. The Kier molecular flexibility index (Phi) is 5.29. The largest absolute Gasteiger partial charge is 0.493 e. The summed E-state index contributed by atoms with van der Waals surface area (Å²) in [4.78, 5) is 14.3. The van der Waals surface area contributed by atoms with Crippen LogP contribution in [-0.2, 0) is 17.8 Å². The summed E-state index contributed by atoms with van der Waals surface area (Å²) in [6.45, 7) is 1.23. The van der Waals surface area contributed by atoms with Gasteiger partial charge in [0.05, 0.1) is 14.2 Å². The summed E-state index contributed by atoms with van der Waals surface area (Å²) >= 11 is 6.12. The van der Waals surface area contributed by atoms with Crippen molar-refractivity contribution >= 4 is 23.6 Å². The Morgan fingerprint density at radius 3 is 2.48 bits per heavy atom. The first-order valence-corrected chi connectivity index (χ1v) is 8.45. The number of amides is 1. The Morgan fingerprint density at radius 1 is 1.12 bits per heavy atom. The molecule has 2 aromatic carbocycles. The summed E-state index contributed by atoms with van der Waals surface area (Å²) in [6.07, 6.45) is 4.13. The van der Waals surface area contributed by atoms with Crippen LogP contribution in [0.4, 0.5) is 0 Å². The van der Waals surface area contributed by atoms with E-state index in [1.807, 2.05) is 41.3 Å². The van der Waals surface area contributed by atoms with Gasteiger partial charge >= 0.3 is 0 Å². The molecule has 0 N–H and O–H groups in total. The highest BCUT2D eigenvalue weighted by molar-refractivity contribution is 6.32. The van der Waals surface area contributed by atoms with E-state index in [0.717, 1.165) is 23.3 Å². The Labute approximate surface area is 152 Å². The molecule has 130 valence electrons. The second-order valence-corrected chi connectivity index (χ2v) is 6.25. The summed E-state index contributed by atoms with van der Waals surface area (Å²) in [5, 5.41) is 0.632. The highest BCUT2D eigenvalue weighted by atomic mass is 35.5. The van der Waals surface area contributed by atoms with Gasteiger partial charge in [-0.2, -0.15) is 0 Å². The predicted octanol–water partition coefficient (Wildman–Crippen LogP) is 3.96. The molecule has 0 bridgehead atoms. The summed E-state index contributed by atoms with van der Waals surface area (Å²) in [5.74, 6) is 1.38. The van der Waals surface area contributed by atoms with Gasteiger partial charge in [0.2, 0.25) is 5.91 Å². The first kappa shape index (κ1) is 17.4. The van der Waals surface area contributed by atoms with Crippen molar-refractivity contribution in [1.82, 2.24) is 4.90 Å². The van der Waals surface area contributed by atoms with Crippen LogP contribution in [0.5, 0.6) is 11.5 Å². The number of carbonyl (C=O) groups excluding carboxylic acids is 1. The molecule has 0 aromatic heterocycles. The lowest BCUT2D eigenvalue weighted by molar-refractivity contribution is -0.126. The number of rotatable bonds is 4. The van der Waals surface area contributed by atoms with Crippen LogP contribution in [0, 0.1) is 0 Å². The highest BCUT2D eigenvalue weighted by Gasteiger charge is 2.21. The zero-order valence-corrected chi connectivity index (χ0v) is 15.0. The van der Waals surface area contributed by atoms with E-state index in [-0.39, 0.29) is 5.91 Å². The van der Waals surface area contributed by atoms with Crippen molar-refractivity contribution in [3.8, 4) is 11.5 Å². The lowest BCUT2D eigenvalue weighted by Crippen LogP contribution is -2.34. The lowest BCUT2D eigenvalue weighted by atomic mass is 9.98. The van der Waals surface area contributed by atoms with E-state index >= 15 is 0 Å². The molecule has 25 heavy (non-hydrogen) atoms. The van der Waals surface area contributed by atoms with Crippen LogP contribution >= 0.6 is 11.6 Å². The van der Waals surface area contributed by atoms with Crippen LogP contribution in [-0.4, -0.2) is 31.6 Å². The second-order valence-electron chi connectivity index (χ2n) is 5.84. The lowest BCUT2D eigenvalue weighted by Gasteiger charge is -2.28. The zero-order valence-electron chi connectivity index (χ0n) is 14.3. The van der Waals surface area contributed by atoms with Crippen molar-refractivity contribution in [2.75, 3.05) is 20.8 Å². The van der Waals surface area contributed by atoms with Crippen LogP contribution in [0.25, 0.3) is 6.08 Å². The third-order valence-corrected chi connectivity index (χ3v) is 4.68. The minimum Gasteiger partial charge on any atom is -0.493 e. The molecule has 1 aliphatic rings. The maximum atomic E-state index is 12.5. The van der Waals surface area contributed by atoms with Crippen LogP contribution in [0.2, 0.25) is 5.02 Å². The zero-order chi connectivity index (χ0) is 17.8. The van der Waals surface area contributed by atoms with E-state index in [1.54, 1.807) is 26.4 Å². The predicted molar refractivity (Wildman–Crippen MR) is 99.2 cm³/mol. The SMILES string of the molecule is COc1cc2c(cc1OC)CN(C(=O)/C=C/c1ccccc1Cl)CC2. The third kappa shape index (κ3) is 3.80. The fourth-order valence-electron chi connectivity index (χ4n) is 2.95. The van der Waals surface area contributed by atoms with Gasteiger partial charge in [0.15, 0.2) is 11.5 Å². The molecule has 0 fully saturated rings. The minimum absolute atomic E-state index is 0.0274. The summed E-state index contributed by atoms with van der Waals surface area (Å²) in [6, 6.07) is 11.4. The molecule has 0 aliphatic carbocycles. The number of methoxy groups -OCH3 is 2. The number of fused-ring (bicyclic) bond motifs is 1. The Morgan fingerprint density at radius 2 is 1.80 bits per heavy atom. The Hall–Kier alpha value is -2.46. The topological polar surface area (TPSA) is 38.8 Å². The van der Waals surface area contributed by atoms with Gasteiger partial charge in [-0.3, -0.25) is 4.79 Å². The van der Waals surface area contributed by atoms with E-state index < -0.39 is 0 Å². The summed E-state index contributed by atoms with van der Waals surface area (Å²) < 4.78 is 10.7. The van der Waals surface area contributed by atoms with E-state index in [2.05, 4.69) is 0 Å². The highest BCUT2D eigenvalue weighted by Crippen LogP contribution is 2.33.